The Morgan fingerprint density at radius 1 is 1.03 bits per heavy atom. The van der Waals surface area contributed by atoms with E-state index in [0.717, 1.165) is 24.0 Å². The zero-order chi connectivity index (χ0) is 21.3. The fraction of sp³-hybridized carbons (Fsp3) is 0.458. The van der Waals surface area contributed by atoms with E-state index in [9.17, 15) is 13.2 Å². The van der Waals surface area contributed by atoms with Crippen molar-refractivity contribution >= 4 is 21.6 Å². The van der Waals surface area contributed by atoms with Crippen molar-refractivity contribution in [1.29, 1.82) is 0 Å². The van der Waals surface area contributed by atoms with Crippen molar-refractivity contribution in [3.05, 3.63) is 59.7 Å². The molecule has 160 valence electrons. The Labute approximate surface area is 179 Å². The Kier molecular flexibility index (Phi) is 5.87. The number of hydrogen-bond acceptors (Lipinski definition) is 3. The molecule has 2 aliphatic rings. The maximum Gasteiger partial charge on any atom is 0.264 e. The molecule has 4 rings (SSSR count). The minimum absolute atomic E-state index is 0.183. The van der Waals surface area contributed by atoms with E-state index in [1.807, 2.05) is 19.1 Å². The Bertz CT molecular complexity index is 1000. The van der Waals surface area contributed by atoms with Crippen molar-refractivity contribution in [2.45, 2.75) is 56.9 Å². The molecule has 2 saturated carbocycles. The first-order chi connectivity index (χ1) is 14.4. The molecule has 0 aliphatic heterocycles. The van der Waals surface area contributed by atoms with Gasteiger partial charge in [-0.25, -0.2) is 8.42 Å². The highest BCUT2D eigenvalue weighted by Crippen LogP contribution is 2.44. The lowest BCUT2D eigenvalue weighted by atomic mass is 9.95. The van der Waals surface area contributed by atoms with Crippen LogP contribution in [0.5, 0.6) is 0 Å². The quantitative estimate of drug-likeness (QED) is 0.726. The van der Waals surface area contributed by atoms with Crippen LogP contribution in [0.4, 0.5) is 5.69 Å². The number of carbonyl (C=O) groups excluding carboxylic acids is 1. The van der Waals surface area contributed by atoms with E-state index in [2.05, 4.69) is 12.2 Å². The van der Waals surface area contributed by atoms with Crippen LogP contribution in [-0.4, -0.2) is 26.9 Å². The monoisotopic (exact) mass is 426 g/mol. The number of hydrogen-bond donors (Lipinski definition) is 1. The van der Waals surface area contributed by atoms with Crippen molar-refractivity contribution in [3.8, 4) is 0 Å². The zero-order valence-corrected chi connectivity index (χ0v) is 18.5. The van der Waals surface area contributed by atoms with Crippen LogP contribution in [0.2, 0.25) is 0 Å². The molecule has 2 aromatic carbocycles. The number of nitrogens with one attached hydrogen (secondary N) is 1. The summed E-state index contributed by atoms with van der Waals surface area (Å²) < 4.78 is 28.1. The van der Waals surface area contributed by atoms with Crippen molar-refractivity contribution in [3.63, 3.8) is 0 Å². The number of aryl methyl sites for hydroxylation is 2. The van der Waals surface area contributed by atoms with Crippen LogP contribution in [0.25, 0.3) is 0 Å². The molecule has 2 aromatic rings. The molecule has 1 N–H and O–H groups in total. The van der Waals surface area contributed by atoms with Gasteiger partial charge in [-0.2, -0.15) is 0 Å². The van der Waals surface area contributed by atoms with Crippen LogP contribution in [0, 0.1) is 18.8 Å². The number of sulfonamides is 1. The summed E-state index contributed by atoms with van der Waals surface area (Å²) >= 11 is 0. The minimum atomic E-state index is -3.86. The minimum Gasteiger partial charge on any atom is -0.352 e. The van der Waals surface area contributed by atoms with Gasteiger partial charge >= 0.3 is 0 Å². The fourth-order valence-electron chi connectivity index (χ4n) is 4.85. The van der Waals surface area contributed by atoms with Gasteiger partial charge in [-0.15, -0.1) is 0 Å². The molecule has 1 amide bonds. The summed E-state index contributed by atoms with van der Waals surface area (Å²) in [5.41, 5.74) is 2.62. The maximum atomic E-state index is 13.4. The van der Waals surface area contributed by atoms with E-state index in [-0.39, 0.29) is 23.4 Å². The van der Waals surface area contributed by atoms with E-state index in [0.29, 0.717) is 17.5 Å². The molecule has 0 saturated heterocycles. The molecule has 2 aliphatic carbocycles. The first-order valence-electron chi connectivity index (χ1n) is 10.8. The van der Waals surface area contributed by atoms with Gasteiger partial charge in [-0.05, 0) is 74.3 Å². The lowest BCUT2D eigenvalue weighted by Crippen LogP contribution is -2.46. The Hall–Kier alpha value is -2.34. The molecule has 0 heterocycles. The molecule has 3 atom stereocenters. The highest BCUT2D eigenvalue weighted by atomic mass is 32.2. The second-order valence-corrected chi connectivity index (χ2v) is 10.6. The smallest absolute Gasteiger partial charge is 0.264 e. The third-order valence-corrected chi connectivity index (χ3v) is 8.40. The lowest BCUT2D eigenvalue weighted by Gasteiger charge is -2.27. The third kappa shape index (κ3) is 4.24. The summed E-state index contributed by atoms with van der Waals surface area (Å²) in [6.07, 6.45) is 5.51. The normalized spacial score (nSPS) is 22.8. The van der Waals surface area contributed by atoms with Gasteiger partial charge in [-0.3, -0.25) is 9.10 Å². The van der Waals surface area contributed by atoms with Crippen molar-refractivity contribution in [1.82, 2.24) is 5.32 Å². The number of benzene rings is 2. The molecular weight excluding hydrogens is 396 g/mol. The van der Waals surface area contributed by atoms with Gasteiger partial charge in [0.1, 0.15) is 6.54 Å². The predicted octanol–water partition coefficient (Wildman–Crippen LogP) is 4.06. The van der Waals surface area contributed by atoms with E-state index >= 15 is 0 Å². The number of amides is 1. The molecule has 0 unspecified atom stereocenters. The summed E-state index contributed by atoms with van der Waals surface area (Å²) in [6.45, 7) is 3.76. The first kappa shape index (κ1) is 20.9. The van der Waals surface area contributed by atoms with Gasteiger partial charge in [0, 0.05) is 6.04 Å². The van der Waals surface area contributed by atoms with Gasteiger partial charge in [0.2, 0.25) is 5.91 Å². The summed E-state index contributed by atoms with van der Waals surface area (Å²) in [5, 5.41) is 3.12. The standard InChI is InChI=1S/C24H30N2O3S/c1-3-18-7-10-21(11-8-18)26(30(28,29)22-12-4-17(2)5-13-22)16-24(27)25-23-15-19-6-9-20(23)14-19/h4-5,7-8,10-13,19-20,23H,3,6,9,14-16H2,1-2H3,(H,25,27)/t19-,20-,23+/m0/s1. The predicted molar refractivity (Wildman–Crippen MR) is 119 cm³/mol. The van der Waals surface area contributed by atoms with Crippen LogP contribution in [-0.2, 0) is 21.2 Å². The van der Waals surface area contributed by atoms with Crippen LogP contribution in [0.3, 0.4) is 0 Å². The molecule has 2 fully saturated rings. The van der Waals surface area contributed by atoms with Crippen LogP contribution in [0.15, 0.2) is 53.4 Å². The van der Waals surface area contributed by atoms with Crippen molar-refractivity contribution in [2.24, 2.45) is 11.8 Å². The van der Waals surface area contributed by atoms with Crippen LogP contribution >= 0.6 is 0 Å². The second-order valence-electron chi connectivity index (χ2n) is 8.69. The number of carbonyl (C=O) groups is 1. The van der Waals surface area contributed by atoms with Gasteiger partial charge in [-0.1, -0.05) is 43.2 Å². The Morgan fingerprint density at radius 3 is 2.30 bits per heavy atom. The zero-order valence-electron chi connectivity index (χ0n) is 17.7. The van der Waals surface area contributed by atoms with E-state index in [1.165, 1.54) is 23.6 Å². The number of nitrogens with zero attached hydrogens (tertiary/aromatic N) is 1. The largest absolute Gasteiger partial charge is 0.352 e. The highest BCUT2D eigenvalue weighted by Gasteiger charge is 2.40. The number of anilines is 1. The third-order valence-electron chi connectivity index (χ3n) is 6.61. The van der Waals surface area contributed by atoms with E-state index in [4.69, 9.17) is 0 Å². The molecule has 6 heteroatoms. The molecule has 2 bridgehead atoms. The summed E-state index contributed by atoms with van der Waals surface area (Å²) in [4.78, 5) is 13.1. The summed E-state index contributed by atoms with van der Waals surface area (Å²) in [5.74, 6) is 1.03. The topological polar surface area (TPSA) is 66.5 Å². The highest BCUT2D eigenvalue weighted by molar-refractivity contribution is 7.92. The van der Waals surface area contributed by atoms with E-state index in [1.54, 1.807) is 36.4 Å². The van der Waals surface area contributed by atoms with Crippen molar-refractivity contribution < 1.29 is 13.2 Å². The molecule has 0 radical (unpaired) electrons. The molecular formula is C24H30N2O3S. The van der Waals surface area contributed by atoms with Crippen LogP contribution < -0.4 is 9.62 Å². The first-order valence-corrected chi connectivity index (χ1v) is 12.3. The van der Waals surface area contributed by atoms with Gasteiger partial charge < -0.3 is 5.32 Å². The van der Waals surface area contributed by atoms with Gasteiger partial charge in [0.15, 0.2) is 0 Å². The van der Waals surface area contributed by atoms with E-state index < -0.39 is 10.0 Å². The Balaban J connectivity index is 1.59. The van der Waals surface area contributed by atoms with Gasteiger partial charge in [0.25, 0.3) is 10.0 Å². The molecule has 30 heavy (non-hydrogen) atoms. The van der Waals surface area contributed by atoms with Gasteiger partial charge in [0.05, 0.1) is 10.6 Å². The number of rotatable bonds is 7. The molecule has 5 nitrogen and oxygen atoms in total. The second kappa shape index (κ2) is 8.42. The summed E-state index contributed by atoms with van der Waals surface area (Å²) in [6, 6.07) is 14.4. The van der Waals surface area contributed by atoms with Crippen LogP contribution in [0.1, 0.15) is 43.7 Å². The molecule has 0 spiro atoms. The Morgan fingerprint density at radius 2 is 1.73 bits per heavy atom. The van der Waals surface area contributed by atoms with Crippen molar-refractivity contribution in [2.75, 3.05) is 10.8 Å². The summed E-state index contributed by atoms with van der Waals surface area (Å²) in [7, 11) is -3.86. The fourth-order valence-corrected chi connectivity index (χ4v) is 6.28. The maximum absolute atomic E-state index is 13.4. The SMILES string of the molecule is CCc1ccc(N(CC(=O)N[C@@H]2C[C@H]3CC[C@H]2C3)S(=O)(=O)c2ccc(C)cc2)cc1. The number of fused-ring (bicyclic) bond motifs is 2. The lowest BCUT2D eigenvalue weighted by molar-refractivity contribution is -0.120. The average Bonchev–Trinajstić information content (AvgIpc) is 3.35. The average molecular weight is 427 g/mol. The molecule has 0 aromatic heterocycles.